The summed E-state index contributed by atoms with van der Waals surface area (Å²) in [6.45, 7) is 6.12. The zero-order valence-electron chi connectivity index (χ0n) is 12.9. The van der Waals surface area contributed by atoms with Crippen LogP contribution in [-0.2, 0) is 4.74 Å². The van der Waals surface area contributed by atoms with Crippen molar-refractivity contribution < 1.29 is 13.9 Å². The van der Waals surface area contributed by atoms with Gasteiger partial charge in [0.05, 0.1) is 11.7 Å². The molecule has 1 saturated heterocycles. The van der Waals surface area contributed by atoms with Crippen LogP contribution in [0.2, 0.25) is 0 Å². The van der Waals surface area contributed by atoms with Gasteiger partial charge in [0.1, 0.15) is 15.5 Å². The molecule has 22 heavy (non-hydrogen) atoms. The largest absolute Gasteiger partial charge is 0.444 e. The lowest BCUT2D eigenvalue weighted by Crippen LogP contribution is -2.44. The van der Waals surface area contributed by atoms with Gasteiger partial charge in [-0.2, -0.15) is 0 Å². The number of alkyl halides is 1. The molecule has 0 bridgehead atoms. The number of amides is 1. The Morgan fingerprint density at radius 2 is 2.18 bits per heavy atom. The highest BCUT2D eigenvalue weighted by atomic mass is 127. The van der Waals surface area contributed by atoms with E-state index in [1.54, 1.807) is 12.1 Å². The monoisotopic (exact) mass is 421 g/mol. The number of nitrogen functional groups attached to an aromatic ring is 1. The van der Waals surface area contributed by atoms with Crippen molar-refractivity contribution in [3.8, 4) is 0 Å². The number of nitrogens with one attached hydrogen (secondary N) is 1. The van der Waals surface area contributed by atoms with Crippen LogP contribution in [-0.4, -0.2) is 28.3 Å². The molecular weight excluding hydrogens is 400 g/mol. The first kappa shape index (κ1) is 17.1. The Morgan fingerprint density at radius 1 is 1.50 bits per heavy atom. The molecular formula is C15H21FIN3O2. The van der Waals surface area contributed by atoms with E-state index in [4.69, 9.17) is 10.5 Å². The highest BCUT2D eigenvalue weighted by Crippen LogP contribution is 2.32. The molecule has 1 heterocycles. The van der Waals surface area contributed by atoms with Gasteiger partial charge in [-0.05, 0) is 45.4 Å². The second-order valence-electron chi connectivity index (χ2n) is 6.32. The average Bonchev–Trinajstić information content (AvgIpc) is 2.69. The van der Waals surface area contributed by atoms with Gasteiger partial charge in [0, 0.05) is 12.2 Å². The van der Waals surface area contributed by atoms with E-state index in [1.807, 2.05) is 25.7 Å². The molecule has 0 aliphatic carbocycles. The van der Waals surface area contributed by atoms with Crippen LogP contribution in [0.15, 0.2) is 18.2 Å². The van der Waals surface area contributed by atoms with E-state index in [0.717, 1.165) is 6.42 Å². The molecule has 1 aliphatic heterocycles. The molecule has 1 aromatic rings. The summed E-state index contributed by atoms with van der Waals surface area (Å²) in [5, 5.41) is 2.86. The first-order valence-electron chi connectivity index (χ1n) is 7.12. The molecule has 0 saturated carbocycles. The lowest BCUT2D eigenvalue weighted by atomic mass is 10.2. The van der Waals surface area contributed by atoms with E-state index >= 15 is 0 Å². The highest BCUT2D eigenvalue weighted by molar-refractivity contribution is 14.1. The van der Waals surface area contributed by atoms with E-state index in [1.165, 1.54) is 6.07 Å². The molecule has 1 aromatic carbocycles. The minimum Gasteiger partial charge on any atom is -0.444 e. The van der Waals surface area contributed by atoms with Crippen molar-refractivity contribution in [2.45, 2.75) is 42.9 Å². The minimum atomic E-state index is -0.536. The predicted octanol–water partition coefficient (Wildman–Crippen LogP) is 3.27. The van der Waals surface area contributed by atoms with E-state index in [0.29, 0.717) is 17.9 Å². The van der Waals surface area contributed by atoms with Gasteiger partial charge in [-0.15, -0.1) is 0 Å². The van der Waals surface area contributed by atoms with E-state index < -0.39 is 11.7 Å². The number of halogens is 2. The van der Waals surface area contributed by atoms with Crippen LogP contribution in [0.1, 0.15) is 27.2 Å². The number of carbonyl (C=O) groups is 1. The molecule has 2 rings (SSSR count). The predicted molar refractivity (Wildman–Crippen MR) is 93.7 cm³/mol. The standard InChI is InChI=1S/C15H21FIN3O2/c1-15(2,3)22-14(21)19-11-6-7-20(13(11)17)12-5-4-9(18)8-10(12)16/h4-5,8,11,13H,6-7,18H2,1-3H3,(H,19,21). The summed E-state index contributed by atoms with van der Waals surface area (Å²) in [6.07, 6.45) is 0.287. The molecule has 0 spiro atoms. The molecule has 3 N–H and O–H groups in total. The number of anilines is 2. The Morgan fingerprint density at radius 3 is 2.77 bits per heavy atom. The van der Waals surface area contributed by atoms with Gasteiger partial charge in [0.2, 0.25) is 0 Å². The number of ether oxygens (including phenoxy) is 1. The summed E-state index contributed by atoms with van der Waals surface area (Å²) >= 11 is 2.21. The van der Waals surface area contributed by atoms with Crippen LogP contribution in [0.3, 0.4) is 0 Å². The Kier molecular flexibility index (Phi) is 5.03. The molecule has 5 nitrogen and oxygen atoms in total. The Bertz CT molecular complexity index is 562. The number of hydrogen-bond donors (Lipinski definition) is 2. The lowest BCUT2D eigenvalue weighted by Gasteiger charge is -2.27. The fraction of sp³-hybridized carbons (Fsp3) is 0.533. The summed E-state index contributed by atoms with van der Waals surface area (Å²) in [4.78, 5) is 13.8. The summed E-state index contributed by atoms with van der Waals surface area (Å²) in [6, 6.07) is 4.57. The van der Waals surface area contributed by atoms with Crippen LogP contribution in [0.25, 0.3) is 0 Å². The van der Waals surface area contributed by atoms with E-state index in [2.05, 4.69) is 27.9 Å². The fourth-order valence-corrected chi connectivity index (χ4v) is 3.48. The van der Waals surface area contributed by atoms with Crippen molar-refractivity contribution in [3.05, 3.63) is 24.0 Å². The minimum absolute atomic E-state index is 0.0526. The second kappa shape index (κ2) is 6.47. The molecule has 0 aromatic heterocycles. The van der Waals surface area contributed by atoms with Crippen LogP contribution in [0.4, 0.5) is 20.6 Å². The SMILES string of the molecule is CC(C)(C)OC(=O)NC1CCN(c2ccc(N)cc2F)C1I. The average molecular weight is 421 g/mol. The number of carbonyl (C=O) groups excluding carboxylic acids is 1. The van der Waals surface area contributed by atoms with Crippen LogP contribution >= 0.6 is 22.6 Å². The third-order valence-electron chi connectivity index (χ3n) is 3.29. The lowest BCUT2D eigenvalue weighted by molar-refractivity contribution is 0.0508. The Balaban J connectivity index is 2.03. The normalized spacial score (nSPS) is 21.8. The third kappa shape index (κ3) is 4.15. The molecule has 1 amide bonds. The van der Waals surface area contributed by atoms with Crippen molar-refractivity contribution >= 4 is 40.1 Å². The molecule has 1 aliphatic rings. The quantitative estimate of drug-likeness (QED) is 0.333. The van der Waals surface area contributed by atoms with Gasteiger partial charge in [0.15, 0.2) is 0 Å². The molecule has 7 heteroatoms. The first-order valence-corrected chi connectivity index (χ1v) is 8.37. The Hall–Kier alpha value is -1.25. The maximum Gasteiger partial charge on any atom is 0.407 e. The smallest absolute Gasteiger partial charge is 0.407 e. The molecule has 122 valence electrons. The van der Waals surface area contributed by atoms with Crippen molar-refractivity contribution in [3.63, 3.8) is 0 Å². The zero-order valence-corrected chi connectivity index (χ0v) is 15.1. The summed E-state index contributed by atoms with van der Waals surface area (Å²) in [5.74, 6) is -0.348. The number of nitrogens with zero attached hydrogens (tertiary/aromatic N) is 1. The van der Waals surface area contributed by atoms with Gasteiger partial charge in [0.25, 0.3) is 0 Å². The van der Waals surface area contributed by atoms with E-state index in [9.17, 15) is 9.18 Å². The van der Waals surface area contributed by atoms with E-state index in [-0.39, 0.29) is 15.9 Å². The molecule has 0 radical (unpaired) electrons. The van der Waals surface area contributed by atoms with Crippen molar-refractivity contribution in [2.24, 2.45) is 0 Å². The third-order valence-corrected chi connectivity index (χ3v) is 4.83. The maximum absolute atomic E-state index is 14.1. The highest BCUT2D eigenvalue weighted by Gasteiger charge is 2.35. The van der Waals surface area contributed by atoms with Crippen LogP contribution < -0.4 is 16.0 Å². The molecule has 2 unspecified atom stereocenters. The number of rotatable bonds is 2. The maximum atomic E-state index is 14.1. The summed E-state index contributed by atoms with van der Waals surface area (Å²) in [5.41, 5.74) is 5.94. The molecule has 1 fully saturated rings. The number of hydrogen-bond acceptors (Lipinski definition) is 4. The second-order valence-corrected chi connectivity index (χ2v) is 7.59. The number of alkyl carbamates (subject to hydrolysis) is 1. The first-order chi connectivity index (χ1) is 10.2. The van der Waals surface area contributed by atoms with Crippen molar-refractivity contribution in [1.29, 1.82) is 0 Å². The topological polar surface area (TPSA) is 67.6 Å². The number of nitrogens with two attached hydrogens (primary N) is 1. The van der Waals surface area contributed by atoms with Gasteiger partial charge in [-0.1, -0.05) is 22.6 Å². The van der Waals surface area contributed by atoms with Gasteiger partial charge >= 0.3 is 6.09 Å². The Labute approximate surface area is 143 Å². The number of benzene rings is 1. The molecule has 2 atom stereocenters. The summed E-state index contributed by atoms with van der Waals surface area (Å²) in [7, 11) is 0. The van der Waals surface area contributed by atoms with Crippen molar-refractivity contribution in [1.82, 2.24) is 5.32 Å². The summed E-state index contributed by atoms with van der Waals surface area (Å²) < 4.78 is 19.3. The van der Waals surface area contributed by atoms with Crippen molar-refractivity contribution in [2.75, 3.05) is 17.2 Å². The van der Waals surface area contributed by atoms with Gasteiger partial charge < -0.3 is 20.7 Å². The van der Waals surface area contributed by atoms with Gasteiger partial charge in [-0.25, -0.2) is 9.18 Å². The van der Waals surface area contributed by atoms with Crippen LogP contribution in [0.5, 0.6) is 0 Å². The zero-order chi connectivity index (χ0) is 16.5. The fourth-order valence-electron chi connectivity index (χ4n) is 2.37. The van der Waals surface area contributed by atoms with Crippen LogP contribution in [0, 0.1) is 5.82 Å². The van der Waals surface area contributed by atoms with Gasteiger partial charge in [-0.3, -0.25) is 0 Å².